The molecule has 1 saturated carbocycles. The second-order valence-electron chi connectivity index (χ2n) is 5.61. The van der Waals surface area contributed by atoms with Gasteiger partial charge in [0.25, 0.3) is 0 Å². The fourth-order valence-electron chi connectivity index (χ4n) is 2.83. The highest BCUT2D eigenvalue weighted by Crippen LogP contribution is 2.25. The van der Waals surface area contributed by atoms with Crippen molar-refractivity contribution in [2.24, 2.45) is 5.92 Å². The quantitative estimate of drug-likeness (QED) is 0.842. The highest BCUT2D eigenvalue weighted by atomic mass is 19.1. The van der Waals surface area contributed by atoms with Gasteiger partial charge in [0.05, 0.1) is 12.2 Å². The zero-order chi connectivity index (χ0) is 14.4. The molecular weight excluding hydrogens is 257 g/mol. The SMILES string of the molecule is COC1CCC(CNCC(O)c2cccc(F)c2)CC1. The molecule has 4 heteroatoms. The van der Waals surface area contributed by atoms with E-state index in [0.29, 0.717) is 24.1 Å². The largest absolute Gasteiger partial charge is 0.387 e. The molecule has 1 fully saturated rings. The minimum Gasteiger partial charge on any atom is -0.387 e. The van der Waals surface area contributed by atoms with E-state index in [1.54, 1.807) is 19.2 Å². The first-order chi connectivity index (χ1) is 9.69. The van der Waals surface area contributed by atoms with Crippen molar-refractivity contribution in [3.05, 3.63) is 35.6 Å². The van der Waals surface area contributed by atoms with Crippen LogP contribution in [0.5, 0.6) is 0 Å². The van der Waals surface area contributed by atoms with Crippen LogP contribution < -0.4 is 5.32 Å². The van der Waals surface area contributed by atoms with Crippen LogP contribution in [0.15, 0.2) is 24.3 Å². The second-order valence-corrected chi connectivity index (χ2v) is 5.61. The van der Waals surface area contributed by atoms with E-state index >= 15 is 0 Å². The molecule has 0 bridgehead atoms. The van der Waals surface area contributed by atoms with Crippen LogP contribution in [0.4, 0.5) is 4.39 Å². The molecular formula is C16H24FNO2. The number of methoxy groups -OCH3 is 1. The lowest BCUT2D eigenvalue weighted by atomic mass is 9.87. The van der Waals surface area contributed by atoms with Crippen LogP contribution >= 0.6 is 0 Å². The average molecular weight is 281 g/mol. The summed E-state index contributed by atoms with van der Waals surface area (Å²) in [4.78, 5) is 0. The third-order valence-electron chi connectivity index (χ3n) is 4.13. The molecule has 0 spiro atoms. The first kappa shape index (κ1) is 15.4. The standard InChI is InChI=1S/C16H24FNO2/c1-20-15-7-5-12(6-8-15)10-18-11-16(19)13-3-2-4-14(17)9-13/h2-4,9,12,15-16,18-19H,5-8,10-11H2,1H3. The Labute approximate surface area is 120 Å². The third kappa shape index (κ3) is 4.54. The maximum Gasteiger partial charge on any atom is 0.123 e. The van der Waals surface area contributed by atoms with Crippen LogP contribution in [0, 0.1) is 11.7 Å². The Morgan fingerprint density at radius 1 is 1.35 bits per heavy atom. The van der Waals surface area contributed by atoms with Crippen molar-refractivity contribution < 1.29 is 14.2 Å². The molecule has 0 amide bonds. The van der Waals surface area contributed by atoms with Crippen LogP contribution in [0.25, 0.3) is 0 Å². The molecule has 0 aromatic heterocycles. The molecule has 112 valence electrons. The Morgan fingerprint density at radius 3 is 2.75 bits per heavy atom. The van der Waals surface area contributed by atoms with Crippen molar-refractivity contribution in [2.75, 3.05) is 20.2 Å². The highest BCUT2D eigenvalue weighted by molar-refractivity contribution is 5.18. The molecule has 1 aromatic carbocycles. The average Bonchev–Trinajstić information content (AvgIpc) is 2.48. The molecule has 1 aliphatic carbocycles. The molecule has 0 heterocycles. The van der Waals surface area contributed by atoms with Crippen LogP contribution in [-0.2, 0) is 4.74 Å². The predicted molar refractivity (Wildman–Crippen MR) is 77.0 cm³/mol. The van der Waals surface area contributed by atoms with Gasteiger partial charge in [-0.05, 0) is 55.8 Å². The molecule has 20 heavy (non-hydrogen) atoms. The zero-order valence-electron chi connectivity index (χ0n) is 12.0. The topological polar surface area (TPSA) is 41.5 Å². The summed E-state index contributed by atoms with van der Waals surface area (Å²) in [6.45, 7) is 1.37. The van der Waals surface area contributed by atoms with Crippen molar-refractivity contribution >= 4 is 0 Å². The van der Waals surface area contributed by atoms with E-state index in [9.17, 15) is 9.50 Å². The minimum atomic E-state index is -0.652. The summed E-state index contributed by atoms with van der Waals surface area (Å²) in [5.41, 5.74) is 0.626. The van der Waals surface area contributed by atoms with Gasteiger partial charge in [-0.25, -0.2) is 4.39 Å². The van der Waals surface area contributed by atoms with Crippen LogP contribution in [-0.4, -0.2) is 31.4 Å². The maximum atomic E-state index is 13.1. The molecule has 1 aromatic rings. The van der Waals surface area contributed by atoms with Crippen molar-refractivity contribution in [1.29, 1.82) is 0 Å². The van der Waals surface area contributed by atoms with Crippen LogP contribution in [0.3, 0.4) is 0 Å². The molecule has 1 atom stereocenters. The van der Waals surface area contributed by atoms with Gasteiger partial charge in [0.1, 0.15) is 5.82 Å². The Morgan fingerprint density at radius 2 is 2.10 bits per heavy atom. The molecule has 1 unspecified atom stereocenters. The monoisotopic (exact) mass is 281 g/mol. The highest BCUT2D eigenvalue weighted by Gasteiger charge is 2.20. The third-order valence-corrected chi connectivity index (χ3v) is 4.13. The summed E-state index contributed by atoms with van der Waals surface area (Å²) in [5.74, 6) is 0.348. The fraction of sp³-hybridized carbons (Fsp3) is 0.625. The molecule has 2 rings (SSSR count). The number of aliphatic hydroxyl groups excluding tert-OH is 1. The summed E-state index contributed by atoms with van der Waals surface area (Å²) >= 11 is 0. The van der Waals surface area contributed by atoms with E-state index in [1.165, 1.54) is 25.0 Å². The zero-order valence-corrected chi connectivity index (χ0v) is 12.0. The fourth-order valence-corrected chi connectivity index (χ4v) is 2.83. The van der Waals surface area contributed by atoms with Gasteiger partial charge in [-0.3, -0.25) is 0 Å². The molecule has 2 N–H and O–H groups in total. The van der Waals surface area contributed by atoms with Gasteiger partial charge in [0.15, 0.2) is 0 Å². The summed E-state index contributed by atoms with van der Waals surface area (Å²) in [5, 5.41) is 13.3. The lowest BCUT2D eigenvalue weighted by Crippen LogP contribution is -2.31. The van der Waals surface area contributed by atoms with Crippen molar-refractivity contribution in [3.63, 3.8) is 0 Å². The molecule has 3 nitrogen and oxygen atoms in total. The van der Waals surface area contributed by atoms with E-state index in [0.717, 1.165) is 19.4 Å². The molecule has 0 aliphatic heterocycles. The molecule has 0 radical (unpaired) electrons. The van der Waals surface area contributed by atoms with E-state index in [1.807, 2.05) is 0 Å². The summed E-state index contributed by atoms with van der Waals surface area (Å²) < 4.78 is 18.4. The van der Waals surface area contributed by atoms with Gasteiger partial charge in [-0.15, -0.1) is 0 Å². The van der Waals surface area contributed by atoms with E-state index in [-0.39, 0.29) is 5.82 Å². The van der Waals surface area contributed by atoms with Gasteiger partial charge < -0.3 is 15.2 Å². The number of ether oxygens (including phenoxy) is 1. The summed E-state index contributed by atoms with van der Waals surface area (Å²) in [6.07, 6.45) is 4.35. The van der Waals surface area contributed by atoms with Gasteiger partial charge in [-0.2, -0.15) is 0 Å². The Balaban J connectivity index is 1.68. The lowest BCUT2D eigenvalue weighted by Gasteiger charge is -2.28. The Hall–Kier alpha value is -0.970. The van der Waals surface area contributed by atoms with Gasteiger partial charge in [0, 0.05) is 13.7 Å². The number of hydrogen-bond donors (Lipinski definition) is 2. The van der Waals surface area contributed by atoms with Gasteiger partial charge in [-0.1, -0.05) is 12.1 Å². The predicted octanol–water partition coefficient (Wildman–Crippen LogP) is 2.65. The van der Waals surface area contributed by atoms with E-state index in [2.05, 4.69) is 5.32 Å². The second kappa shape index (κ2) is 7.72. The Kier molecular flexibility index (Phi) is 5.95. The minimum absolute atomic E-state index is 0.306. The number of benzene rings is 1. The maximum absolute atomic E-state index is 13.1. The van der Waals surface area contributed by atoms with Crippen molar-refractivity contribution in [3.8, 4) is 0 Å². The van der Waals surface area contributed by atoms with Crippen molar-refractivity contribution in [2.45, 2.75) is 37.9 Å². The first-order valence-electron chi connectivity index (χ1n) is 7.36. The number of nitrogens with one attached hydrogen (secondary N) is 1. The summed E-state index contributed by atoms with van der Waals surface area (Å²) in [7, 11) is 1.78. The van der Waals surface area contributed by atoms with Crippen LogP contribution in [0.1, 0.15) is 37.4 Å². The van der Waals surface area contributed by atoms with Crippen LogP contribution in [0.2, 0.25) is 0 Å². The normalized spacial score (nSPS) is 24.6. The Bertz CT molecular complexity index is 405. The number of halogens is 1. The molecule has 1 aliphatic rings. The number of hydrogen-bond acceptors (Lipinski definition) is 3. The lowest BCUT2D eigenvalue weighted by molar-refractivity contribution is 0.0561. The van der Waals surface area contributed by atoms with Crippen molar-refractivity contribution in [1.82, 2.24) is 5.32 Å². The van der Waals surface area contributed by atoms with Gasteiger partial charge >= 0.3 is 0 Å². The number of aliphatic hydroxyl groups is 1. The smallest absolute Gasteiger partial charge is 0.123 e. The summed E-state index contributed by atoms with van der Waals surface area (Å²) in [6, 6.07) is 6.15. The van der Waals surface area contributed by atoms with Gasteiger partial charge in [0.2, 0.25) is 0 Å². The van der Waals surface area contributed by atoms with E-state index in [4.69, 9.17) is 4.74 Å². The molecule has 0 saturated heterocycles. The van der Waals surface area contributed by atoms with E-state index < -0.39 is 6.10 Å². The number of rotatable bonds is 6. The first-order valence-corrected chi connectivity index (χ1v) is 7.36.